The van der Waals surface area contributed by atoms with E-state index < -0.39 is 11.9 Å². The third-order valence-electron chi connectivity index (χ3n) is 0.605. The molecule has 0 aromatic heterocycles. The van der Waals surface area contributed by atoms with Crippen LogP contribution in [0.5, 0.6) is 0 Å². The molecule has 104 valence electrons. The van der Waals surface area contributed by atoms with Crippen molar-refractivity contribution < 1.29 is 25.3 Å². The Hall–Kier alpha value is 0.497. The van der Waals surface area contributed by atoms with E-state index in [9.17, 15) is 9.59 Å². The molecule has 0 atom stereocenters. The minimum atomic E-state index is -0.745. The number of carboxylic acids is 2. The van der Waals surface area contributed by atoms with Gasteiger partial charge in [-0.15, -0.1) is 0 Å². The monoisotopic (exact) mass is 466 g/mol. The summed E-state index contributed by atoms with van der Waals surface area (Å²) in [5.41, 5.74) is 0. The van der Waals surface area contributed by atoms with Crippen LogP contribution in [0.25, 0.3) is 0 Å². The maximum atomic E-state index is 9.37. The summed E-state index contributed by atoms with van der Waals surface area (Å²) in [4.78, 5) is 27.9. The molecule has 4 N–H and O–H groups in total. The summed E-state index contributed by atoms with van der Waals surface area (Å²) in [7, 11) is 0. The Kier molecular flexibility index (Phi) is 64.5. The number of aliphatic carboxylic acids is 2. The van der Waals surface area contributed by atoms with Gasteiger partial charge in [0.2, 0.25) is 0 Å². The van der Waals surface area contributed by atoms with Crippen LogP contribution >= 0.6 is 0 Å². The molecule has 0 aliphatic heterocycles. The molecule has 17 heavy (non-hydrogen) atoms. The Bertz CT molecular complexity index is 127. The van der Waals surface area contributed by atoms with Gasteiger partial charge in [0.15, 0.2) is 0 Å². The fourth-order valence-electron chi connectivity index (χ4n) is 0. The minimum absolute atomic E-state index is 0. The zero-order valence-electron chi connectivity index (χ0n) is 11.6. The van der Waals surface area contributed by atoms with Gasteiger partial charge in [0.05, 0.1) is 0 Å². The Morgan fingerprint density at radius 3 is 0.882 bits per heavy atom. The van der Waals surface area contributed by atoms with Crippen molar-refractivity contribution in [2.75, 3.05) is 0 Å². The van der Waals surface area contributed by atoms with Crippen molar-refractivity contribution in [2.45, 2.75) is 46.4 Å². The zero-order valence-corrected chi connectivity index (χ0v) is 17.3. The predicted octanol–water partition coefficient (Wildman–Crippen LogP) is 1.71. The fourth-order valence-corrected chi connectivity index (χ4v) is 0. The Morgan fingerprint density at radius 1 is 0.824 bits per heavy atom. The summed E-state index contributed by atoms with van der Waals surface area (Å²) >= 11 is 0.460. The van der Waals surface area contributed by atoms with E-state index in [0.717, 1.165) is 0 Å². The van der Waals surface area contributed by atoms with Crippen LogP contribution in [0.2, 0.25) is 19.8 Å². The average Bonchev–Trinajstić information content (AvgIpc) is 2.21. The van der Waals surface area contributed by atoms with Crippen LogP contribution in [-0.2, 0) is 9.59 Å². The second-order valence-electron chi connectivity index (χ2n) is 2.49. The molecule has 0 aliphatic carbocycles. The SMILES string of the molecule is CCC(=O)O.CCC(=O)O.O.[CH3][Sn][CH3].[CH3][Sn][CH3]. The van der Waals surface area contributed by atoms with Crippen LogP contribution < -0.4 is 0 Å². The molecule has 0 fully saturated rings. The second-order valence-corrected chi connectivity index (χ2v) is 8.20. The van der Waals surface area contributed by atoms with Gasteiger partial charge in [-0.05, 0) is 0 Å². The Morgan fingerprint density at radius 2 is 0.882 bits per heavy atom. The van der Waals surface area contributed by atoms with Gasteiger partial charge in [-0.3, -0.25) is 9.59 Å². The molecule has 0 saturated heterocycles. The van der Waals surface area contributed by atoms with Gasteiger partial charge in [-0.2, -0.15) is 0 Å². The molecular weight excluding hydrogens is 438 g/mol. The van der Waals surface area contributed by atoms with Crippen molar-refractivity contribution in [2.24, 2.45) is 0 Å². The van der Waals surface area contributed by atoms with Crippen LogP contribution in [0, 0.1) is 0 Å². The number of carbonyl (C=O) groups is 2. The summed E-state index contributed by atoms with van der Waals surface area (Å²) in [5.74, 6) is -1.49. The molecule has 0 unspecified atom stereocenters. The summed E-state index contributed by atoms with van der Waals surface area (Å²) < 4.78 is 0. The second kappa shape index (κ2) is 36.0. The topological polar surface area (TPSA) is 106 Å². The van der Waals surface area contributed by atoms with Crippen molar-refractivity contribution in [3.05, 3.63) is 0 Å². The molecular formula is C10H26O5Sn2. The summed E-state index contributed by atoms with van der Waals surface area (Å²) in [6.07, 6.45) is 0.444. The van der Waals surface area contributed by atoms with Gasteiger partial charge in [0.1, 0.15) is 0 Å². The van der Waals surface area contributed by atoms with Crippen molar-refractivity contribution in [3.63, 3.8) is 0 Å². The zero-order chi connectivity index (χ0) is 14.0. The summed E-state index contributed by atoms with van der Waals surface area (Å²) in [6, 6.07) is 0. The van der Waals surface area contributed by atoms with E-state index in [0.29, 0.717) is 0 Å². The first-order valence-electron chi connectivity index (χ1n) is 4.98. The quantitative estimate of drug-likeness (QED) is 0.608. The molecule has 0 aromatic carbocycles. The van der Waals surface area contributed by atoms with Crippen LogP contribution in [0.1, 0.15) is 26.7 Å². The summed E-state index contributed by atoms with van der Waals surface area (Å²) in [6.45, 7) is 3.20. The number of carboxylic acid groups (broad SMARTS) is 2. The van der Waals surface area contributed by atoms with Gasteiger partial charge in [-0.1, -0.05) is 13.8 Å². The standard InChI is InChI=1S/2C3H6O2.4CH3.H2O.2Sn/c2*1-2-3(4)5;;;;;;;/h2*2H2,1H3,(H,4,5);4*1H3;1H2;;. The van der Waals surface area contributed by atoms with Crippen molar-refractivity contribution in [1.29, 1.82) is 0 Å². The maximum absolute atomic E-state index is 9.37. The van der Waals surface area contributed by atoms with Gasteiger partial charge < -0.3 is 15.7 Å². The average molecular weight is 464 g/mol. The van der Waals surface area contributed by atoms with E-state index in [1.54, 1.807) is 13.8 Å². The third-order valence-corrected chi connectivity index (χ3v) is 0.605. The van der Waals surface area contributed by atoms with Crippen LogP contribution in [-0.4, -0.2) is 69.9 Å². The van der Waals surface area contributed by atoms with E-state index in [-0.39, 0.29) is 60.6 Å². The number of rotatable bonds is 2. The summed E-state index contributed by atoms with van der Waals surface area (Å²) in [5, 5.41) is 15.4. The van der Waals surface area contributed by atoms with Gasteiger partial charge >= 0.3 is 74.0 Å². The molecule has 0 saturated carbocycles. The van der Waals surface area contributed by atoms with E-state index in [2.05, 4.69) is 19.8 Å². The fraction of sp³-hybridized carbons (Fsp3) is 0.800. The molecule has 0 aromatic rings. The molecule has 0 spiro atoms. The first-order valence-corrected chi connectivity index (χ1v) is 16.4. The van der Waals surface area contributed by atoms with E-state index in [1.807, 2.05) is 0 Å². The molecule has 0 bridgehead atoms. The normalized spacial score (nSPS) is 6.47. The van der Waals surface area contributed by atoms with Crippen LogP contribution in [0.3, 0.4) is 0 Å². The van der Waals surface area contributed by atoms with Gasteiger partial charge in [0, 0.05) is 12.8 Å². The number of hydrogen-bond acceptors (Lipinski definition) is 2. The molecule has 0 aliphatic rings. The number of hydrogen-bond donors (Lipinski definition) is 2. The first-order chi connectivity index (χ1) is 7.37. The van der Waals surface area contributed by atoms with Crippen LogP contribution in [0.4, 0.5) is 0 Å². The van der Waals surface area contributed by atoms with Gasteiger partial charge in [-0.25, -0.2) is 0 Å². The molecule has 5 nitrogen and oxygen atoms in total. The Balaban J connectivity index is -0.0000000381. The molecule has 7 heteroatoms. The predicted molar refractivity (Wildman–Crippen MR) is 74.4 cm³/mol. The molecule has 0 amide bonds. The van der Waals surface area contributed by atoms with Crippen molar-refractivity contribution >= 4 is 54.2 Å². The van der Waals surface area contributed by atoms with Gasteiger partial charge in [0.25, 0.3) is 0 Å². The van der Waals surface area contributed by atoms with E-state index in [1.165, 1.54) is 0 Å². The molecule has 0 heterocycles. The third kappa shape index (κ3) is 171. The Labute approximate surface area is 125 Å². The van der Waals surface area contributed by atoms with E-state index >= 15 is 0 Å². The van der Waals surface area contributed by atoms with Crippen molar-refractivity contribution in [1.82, 2.24) is 0 Å². The molecule has 4 radical (unpaired) electrons. The van der Waals surface area contributed by atoms with Crippen molar-refractivity contribution in [3.8, 4) is 0 Å². The molecule has 0 rings (SSSR count). The first kappa shape index (κ1) is 30.5. The van der Waals surface area contributed by atoms with E-state index in [4.69, 9.17) is 10.2 Å². The van der Waals surface area contributed by atoms with Crippen LogP contribution in [0.15, 0.2) is 0 Å².